The summed E-state index contributed by atoms with van der Waals surface area (Å²) in [7, 11) is 1.58. The molecule has 0 aromatic heterocycles. The zero-order chi connectivity index (χ0) is 14.7. The van der Waals surface area contributed by atoms with Gasteiger partial charge in [0.2, 0.25) is 0 Å². The summed E-state index contributed by atoms with van der Waals surface area (Å²) in [6.45, 7) is 0.376. The summed E-state index contributed by atoms with van der Waals surface area (Å²) in [6, 6.07) is 7.74. The SMILES string of the molecule is COc1ccc(CNc2cc(F)c(Br)cc2F)cc1Br. The van der Waals surface area contributed by atoms with Crippen LogP contribution in [-0.2, 0) is 6.54 Å². The maximum atomic E-state index is 13.6. The second-order valence-corrected chi connectivity index (χ2v) is 5.78. The highest BCUT2D eigenvalue weighted by molar-refractivity contribution is 9.10. The molecule has 2 aromatic rings. The molecule has 0 radical (unpaired) electrons. The summed E-state index contributed by atoms with van der Waals surface area (Å²) >= 11 is 6.31. The minimum Gasteiger partial charge on any atom is -0.496 e. The van der Waals surface area contributed by atoms with Crippen LogP contribution in [0, 0.1) is 11.6 Å². The molecule has 2 rings (SSSR count). The molecular formula is C14H11Br2F2NO. The first-order valence-corrected chi connectivity index (χ1v) is 7.30. The summed E-state index contributed by atoms with van der Waals surface area (Å²) in [5.74, 6) is -0.301. The second kappa shape index (κ2) is 6.54. The molecule has 1 N–H and O–H groups in total. The lowest BCUT2D eigenvalue weighted by Gasteiger charge is -2.10. The molecule has 0 heterocycles. The number of benzene rings is 2. The molecule has 0 unspecified atom stereocenters. The van der Waals surface area contributed by atoms with Gasteiger partial charge in [0.25, 0.3) is 0 Å². The maximum absolute atomic E-state index is 13.6. The van der Waals surface area contributed by atoms with Crippen molar-refractivity contribution in [3.8, 4) is 5.75 Å². The van der Waals surface area contributed by atoms with Crippen LogP contribution in [0.3, 0.4) is 0 Å². The van der Waals surface area contributed by atoms with Crippen LogP contribution in [0.4, 0.5) is 14.5 Å². The molecule has 0 spiro atoms. The highest BCUT2D eigenvalue weighted by Gasteiger charge is 2.08. The topological polar surface area (TPSA) is 21.3 Å². The lowest BCUT2D eigenvalue weighted by molar-refractivity contribution is 0.412. The second-order valence-electron chi connectivity index (χ2n) is 4.07. The van der Waals surface area contributed by atoms with Gasteiger partial charge in [-0.2, -0.15) is 0 Å². The first-order valence-electron chi connectivity index (χ1n) is 5.72. The van der Waals surface area contributed by atoms with Gasteiger partial charge in [-0.25, -0.2) is 8.78 Å². The number of methoxy groups -OCH3 is 1. The van der Waals surface area contributed by atoms with Crippen molar-refractivity contribution in [1.82, 2.24) is 0 Å². The summed E-state index contributed by atoms with van der Waals surface area (Å²) < 4.78 is 33.1. The Balaban J connectivity index is 2.13. The van der Waals surface area contributed by atoms with E-state index in [1.165, 1.54) is 0 Å². The van der Waals surface area contributed by atoms with Crippen molar-refractivity contribution in [2.45, 2.75) is 6.54 Å². The maximum Gasteiger partial charge on any atom is 0.147 e. The fourth-order valence-electron chi connectivity index (χ4n) is 1.68. The molecular weight excluding hydrogens is 396 g/mol. The van der Waals surface area contributed by atoms with E-state index < -0.39 is 11.6 Å². The average molecular weight is 407 g/mol. The largest absolute Gasteiger partial charge is 0.496 e. The van der Waals surface area contributed by atoms with E-state index in [1.807, 2.05) is 12.1 Å². The van der Waals surface area contributed by atoms with Crippen LogP contribution >= 0.6 is 31.9 Å². The molecule has 0 atom stereocenters. The normalized spacial score (nSPS) is 10.4. The van der Waals surface area contributed by atoms with Gasteiger partial charge in [0.05, 0.1) is 21.7 Å². The van der Waals surface area contributed by atoms with Crippen LogP contribution in [0.5, 0.6) is 5.75 Å². The zero-order valence-electron chi connectivity index (χ0n) is 10.5. The van der Waals surface area contributed by atoms with E-state index in [4.69, 9.17) is 4.74 Å². The van der Waals surface area contributed by atoms with Gasteiger partial charge in [-0.3, -0.25) is 0 Å². The number of hydrogen-bond acceptors (Lipinski definition) is 2. The Morgan fingerprint density at radius 1 is 1.05 bits per heavy atom. The van der Waals surface area contributed by atoms with Gasteiger partial charge in [-0.05, 0) is 55.6 Å². The molecule has 2 nitrogen and oxygen atoms in total. The van der Waals surface area contributed by atoms with Crippen molar-refractivity contribution in [3.63, 3.8) is 0 Å². The highest BCUT2D eigenvalue weighted by Crippen LogP contribution is 2.27. The first-order chi connectivity index (χ1) is 9.51. The van der Waals surface area contributed by atoms with Crippen molar-refractivity contribution in [2.24, 2.45) is 0 Å². The minimum absolute atomic E-state index is 0.104. The molecule has 20 heavy (non-hydrogen) atoms. The minimum atomic E-state index is -0.509. The van der Waals surface area contributed by atoms with Crippen LogP contribution < -0.4 is 10.1 Å². The molecule has 0 aliphatic heterocycles. The van der Waals surface area contributed by atoms with Gasteiger partial charge in [0.1, 0.15) is 17.4 Å². The van der Waals surface area contributed by atoms with Crippen LogP contribution in [0.2, 0.25) is 0 Å². The molecule has 0 aliphatic carbocycles. The third kappa shape index (κ3) is 3.49. The smallest absolute Gasteiger partial charge is 0.147 e. The number of ether oxygens (including phenoxy) is 1. The molecule has 0 aliphatic rings. The van der Waals surface area contributed by atoms with Gasteiger partial charge in [0, 0.05) is 12.6 Å². The fourth-order valence-corrected chi connectivity index (χ4v) is 2.58. The molecule has 6 heteroatoms. The van der Waals surface area contributed by atoms with Crippen LogP contribution in [-0.4, -0.2) is 7.11 Å². The monoisotopic (exact) mass is 405 g/mol. The number of nitrogens with one attached hydrogen (secondary N) is 1. The molecule has 0 amide bonds. The predicted octanol–water partition coefficient (Wildman–Crippen LogP) is 5.11. The Bertz CT molecular complexity index is 635. The van der Waals surface area contributed by atoms with Crippen molar-refractivity contribution in [2.75, 3.05) is 12.4 Å². The van der Waals surface area contributed by atoms with E-state index in [0.29, 0.717) is 6.54 Å². The average Bonchev–Trinajstić information content (AvgIpc) is 2.41. The standard InChI is InChI=1S/C14H11Br2F2NO/c1-20-14-3-2-8(4-10(14)16)7-19-13-6-11(17)9(15)5-12(13)18/h2-6,19H,7H2,1H3. The Labute approximate surface area is 132 Å². The van der Waals surface area contributed by atoms with Crippen LogP contribution in [0.25, 0.3) is 0 Å². The lowest BCUT2D eigenvalue weighted by Crippen LogP contribution is -2.02. The van der Waals surface area contributed by atoms with Crippen molar-refractivity contribution >= 4 is 37.5 Å². The quantitative estimate of drug-likeness (QED) is 0.712. The van der Waals surface area contributed by atoms with Gasteiger partial charge >= 0.3 is 0 Å². The van der Waals surface area contributed by atoms with Crippen molar-refractivity contribution in [3.05, 3.63) is 56.5 Å². The molecule has 0 saturated carbocycles. The first kappa shape index (κ1) is 15.3. The van der Waals surface area contributed by atoms with E-state index in [-0.39, 0.29) is 10.2 Å². The Kier molecular flexibility index (Phi) is 4.99. The summed E-state index contributed by atoms with van der Waals surface area (Å²) in [5.41, 5.74) is 1.04. The summed E-state index contributed by atoms with van der Waals surface area (Å²) in [4.78, 5) is 0. The lowest BCUT2D eigenvalue weighted by atomic mass is 10.2. The summed E-state index contributed by atoms with van der Waals surface area (Å²) in [5, 5.41) is 2.86. The number of halogens is 4. The van der Waals surface area contributed by atoms with Crippen LogP contribution in [0.1, 0.15) is 5.56 Å². The van der Waals surface area contributed by atoms with E-state index in [0.717, 1.165) is 27.9 Å². The third-order valence-corrected chi connectivity index (χ3v) is 3.94. The Hall–Kier alpha value is -1.14. The fraction of sp³-hybridized carbons (Fsp3) is 0.143. The van der Waals surface area contributed by atoms with Crippen LogP contribution in [0.15, 0.2) is 39.3 Å². The molecule has 0 bridgehead atoms. The molecule has 2 aromatic carbocycles. The molecule has 0 fully saturated rings. The predicted molar refractivity (Wildman–Crippen MR) is 82.1 cm³/mol. The van der Waals surface area contributed by atoms with Gasteiger partial charge in [-0.1, -0.05) is 6.07 Å². The Morgan fingerprint density at radius 3 is 2.45 bits per heavy atom. The summed E-state index contributed by atoms with van der Waals surface area (Å²) in [6.07, 6.45) is 0. The van der Waals surface area contributed by atoms with Crippen molar-refractivity contribution < 1.29 is 13.5 Å². The van der Waals surface area contributed by atoms with E-state index in [2.05, 4.69) is 37.2 Å². The molecule has 0 saturated heterocycles. The van der Waals surface area contributed by atoms with Gasteiger partial charge in [0.15, 0.2) is 0 Å². The zero-order valence-corrected chi connectivity index (χ0v) is 13.7. The number of hydrogen-bond donors (Lipinski definition) is 1. The van der Waals surface area contributed by atoms with Gasteiger partial charge < -0.3 is 10.1 Å². The third-order valence-electron chi connectivity index (χ3n) is 2.71. The molecule has 106 valence electrons. The Morgan fingerprint density at radius 2 is 1.80 bits per heavy atom. The van der Waals surface area contributed by atoms with Crippen molar-refractivity contribution in [1.29, 1.82) is 0 Å². The van der Waals surface area contributed by atoms with E-state index >= 15 is 0 Å². The highest BCUT2D eigenvalue weighted by atomic mass is 79.9. The van der Waals surface area contributed by atoms with Gasteiger partial charge in [-0.15, -0.1) is 0 Å². The van der Waals surface area contributed by atoms with E-state index in [1.54, 1.807) is 13.2 Å². The number of anilines is 1. The number of rotatable bonds is 4. The van der Waals surface area contributed by atoms with E-state index in [9.17, 15) is 8.78 Å².